The zero-order valence-electron chi connectivity index (χ0n) is 13.8. The van der Waals surface area contributed by atoms with Crippen molar-refractivity contribution in [2.24, 2.45) is 5.92 Å². The average molecular weight is 323 g/mol. The van der Waals surface area contributed by atoms with E-state index in [-0.39, 0.29) is 5.56 Å². The molecule has 1 aromatic carbocycles. The molecule has 0 saturated carbocycles. The Morgan fingerprint density at radius 2 is 2.12 bits per heavy atom. The Bertz CT molecular complexity index is 899. The van der Waals surface area contributed by atoms with E-state index in [1.165, 1.54) is 12.8 Å². The number of nitrogens with zero attached hydrogens (tertiary/aromatic N) is 4. The molecule has 0 amide bonds. The highest BCUT2D eigenvalue weighted by Gasteiger charge is 2.18. The maximum absolute atomic E-state index is 12.4. The summed E-state index contributed by atoms with van der Waals surface area (Å²) in [6.07, 6.45) is 4.07. The third-order valence-corrected chi connectivity index (χ3v) is 4.60. The van der Waals surface area contributed by atoms with Crippen molar-refractivity contribution in [1.29, 1.82) is 0 Å². The summed E-state index contributed by atoms with van der Waals surface area (Å²) in [5.74, 6) is 1.41. The lowest BCUT2D eigenvalue weighted by Gasteiger charge is -2.30. The van der Waals surface area contributed by atoms with Gasteiger partial charge in [0.25, 0.3) is 5.56 Å². The van der Waals surface area contributed by atoms with Gasteiger partial charge in [0.05, 0.1) is 18.4 Å². The van der Waals surface area contributed by atoms with Gasteiger partial charge in [0.1, 0.15) is 11.2 Å². The Morgan fingerprint density at radius 1 is 1.29 bits per heavy atom. The second-order valence-corrected chi connectivity index (χ2v) is 6.62. The first-order valence-electron chi connectivity index (χ1n) is 8.45. The molecule has 1 N–H and O–H groups in total. The highest BCUT2D eigenvalue weighted by atomic mass is 16.1. The summed E-state index contributed by atoms with van der Waals surface area (Å²) in [4.78, 5) is 22.4. The molecule has 1 saturated heterocycles. The van der Waals surface area contributed by atoms with Gasteiger partial charge in [-0.1, -0.05) is 25.1 Å². The fraction of sp³-hybridized carbons (Fsp3) is 0.389. The Balaban J connectivity index is 1.71. The van der Waals surface area contributed by atoms with Crippen LogP contribution in [0.25, 0.3) is 16.7 Å². The molecule has 124 valence electrons. The van der Waals surface area contributed by atoms with Crippen LogP contribution in [0.3, 0.4) is 0 Å². The first-order chi connectivity index (χ1) is 11.7. The lowest BCUT2D eigenvalue weighted by molar-refractivity contribution is 0.173. The van der Waals surface area contributed by atoms with Crippen LogP contribution in [0.4, 0.5) is 0 Å². The van der Waals surface area contributed by atoms with Crippen LogP contribution < -0.4 is 5.56 Å². The highest BCUT2D eigenvalue weighted by molar-refractivity contribution is 5.75. The number of hydrogen-bond acceptors (Lipinski definition) is 4. The molecule has 6 nitrogen and oxygen atoms in total. The number of piperidine rings is 1. The molecular formula is C18H21N5O. The fourth-order valence-electron chi connectivity index (χ4n) is 3.44. The van der Waals surface area contributed by atoms with E-state index < -0.39 is 0 Å². The van der Waals surface area contributed by atoms with Gasteiger partial charge in [0, 0.05) is 6.54 Å². The van der Waals surface area contributed by atoms with Crippen molar-refractivity contribution in [3.05, 3.63) is 52.7 Å². The van der Waals surface area contributed by atoms with Gasteiger partial charge in [0.15, 0.2) is 5.65 Å². The topological polar surface area (TPSA) is 66.8 Å². The molecule has 1 aliphatic heterocycles. The predicted molar refractivity (Wildman–Crippen MR) is 93.2 cm³/mol. The van der Waals surface area contributed by atoms with Crippen molar-refractivity contribution < 1.29 is 0 Å². The SMILES string of the molecule is C[C@H]1CCCN(Cc2nc3c(cnn3-c3ccccc3)c(=O)[nH]2)C1. The summed E-state index contributed by atoms with van der Waals surface area (Å²) in [5, 5.41) is 4.87. The molecular weight excluding hydrogens is 302 g/mol. The highest BCUT2D eigenvalue weighted by Crippen LogP contribution is 2.18. The van der Waals surface area contributed by atoms with Gasteiger partial charge in [-0.05, 0) is 37.4 Å². The van der Waals surface area contributed by atoms with Crippen LogP contribution in [-0.4, -0.2) is 37.7 Å². The van der Waals surface area contributed by atoms with E-state index in [1.807, 2.05) is 30.3 Å². The first-order valence-corrected chi connectivity index (χ1v) is 8.45. The molecule has 1 aliphatic rings. The summed E-state index contributed by atoms with van der Waals surface area (Å²) in [6.45, 7) is 5.06. The number of aromatic amines is 1. The van der Waals surface area contributed by atoms with E-state index in [1.54, 1.807) is 10.9 Å². The van der Waals surface area contributed by atoms with Crippen LogP contribution in [0.2, 0.25) is 0 Å². The molecule has 2 aromatic heterocycles. The fourth-order valence-corrected chi connectivity index (χ4v) is 3.44. The minimum Gasteiger partial charge on any atom is -0.309 e. The molecule has 1 fully saturated rings. The number of benzene rings is 1. The second-order valence-electron chi connectivity index (χ2n) is 6.62. The Hall–Kier alpha value is -2.47. The van der Waals surface area contributed by atoms with E-state index in [4.69, 9.17) is 4.98 Å². The lowest BCUT2D eigenvalue weighted by Crippen LogP contribution is -2.34. The van der Waals surface area contributed by atoms with E-state index >= 15 is 0 Å². The number of likely N-dealkylation sites (tertiary alicyclic amines) is 1. The molecule has 0 unspecified atom stereocenters. The number of hydrogen-bond donors (Lipinski definition) is 1. The van der Waals surface area contributed by atoms with Gasteiger partial charge in [-0.2, -0.15) is 5.10 Å². The molecule has 0 aliphatic carbocycles. The quantitative estimate of drug-likeness (QED) is 0.803. The minimum absolute atomic E-state index is 0.123. The monoisotopic (exact) mass is 323 g/mol. The van der Waals surface area contributed by atoms with Crippen molar-refractivity contribution in [1.82, 2.24) is 24.6 Å². The largest absolute Gasteiger partial charge is 0.309 e. The average Bonchev–Trinajstić information content (AvgIpc) is 3.00. The number of para-hydroxylation sites is 1. The van der Waals surface area contributed by atoms with Crippen molar-refractivity contribution in [3.63, 3.8) is 0 Å². The number of H-pyrrole nitrogens is 1. The van der Waals surface area contributed by atoms with E-state index in [2.05, 4.69) is 21.9 Å². The summed E-state index contributed by atoms with van der Waals surface area (Å²) in [6, 6.07) is 9.78. The van der Waals surface area contributed by atoms with Crippen molar-refractivity contribution in [2.75, 3.05) is 13.1 Å². The zero-order chi connectivity index (χ0) is 16.5. The van der Waals surface area contributed by atoms with Crippen LogP contribution in [0.15, 0.2) is 41.3 Å². The number of rotatable bonds is 3. The van der Waals surface area contributed by atoms with E-state index in [0.29, 0.717) is 29.3 Å². The number of aromatic nitrogens is 4. The maximum atomic E-state index is 12.4. The summed E-state index contributed by atoms with van der Waals surface area (Å²) < 4.78 is 1.73. The summed E-state index contributed by atoms with van der Waals surface area (Å²) in [7, 11) is 0. The molecule has 24 heavy (non-hydrogen) atoms. The van der Waals surface area contributed by atoms with Crippen molar-refractivity contribution in [2.45, 2.75) is 26.3 Å². The molecule has 4 rings (SSSR count). The summed E-state index contributed by atoms with van der Waals surface area (Å²) >= 11 is 0. The number of fused-ring (bicyclic) bond motifs is 1. The molecule has 1 atom stereocenters. The Labute approximate surface area is 140 Å². The predicted octanol–water partition coefficient (Wildman–Crippen LogP) is 2.34. The maximum Gasteiger partial charge on any atom is 0.262 e. The molecule has 0 radical (unpaired) electrons. The van der Waals surface area contributed by atoms with Crippen LogP contribution >= 0.6 is 0 Å². The third kappa shape index (κ3) is 2.85. The summed E-state index contributed by atoms with van der Waals surface area (Å²) in [5.41, 5.74) is 1.40. The van der Waals surface area contributed by atoms with Crippen molar-refractivity contribution >= 4 is 11.0 Å². The second kappa shape index (κ2) is 6.20. The van der Waals surface area contributed by atoms with Gasteiger partial charge >= 0.3 is 0 Å². The van der Waals surface area contributed by atoms with Gasteiger partial charge < -0.3 is 4.98 Å². The lowest BCUT2D eigenvalue weighted by atomic mass is 10.0. The van der Waals surface area contributed by atoms with Gasteiger partial charge in [-0.15, -0.1) is 0 Å². The zero-order valence-corrected chi connectivity index (χ0v) is 13.8. The van der Waals surface area contributed by atoms with Gasteiger partial charge in [0.2, 0.25) is 0 Å². The van der Waals surface area contributed by atoms with E-state index in [0.717, 1.165) is 18.8 Å². The third-order valence-electron chi connectivity index (χ3n) is 4.60. The number of nitrogens with one attached hydrogen (secondary N) is 1. The minimum atomic E-state index is -0.123. The van der Waals surface area contributed by atoms with Crippen LogP contribution in [0.1, 0.15) is 25.6 Å². The molecule has 0 bridgehead atoms. The van der Waals surface area contributed by atoms with Gasteiger partial charge in [-0.25, -0.2) is 9.67 Å². The van der Waals surface area contributed by atoms with Crippen LogP contribution in [0, 0.1) is 5.92 Å². The Kier molecular flexibility index (Phi) is 3.90. The standard InChI is InChI=1S/C18H21N5O/c1-13-6-5-9-22(11-13)12-16-20-17-15(18(24)21-16)10-19-23(17)14-7-3-2-4-8-14/h2-4,7-8,10,13H,5-6,9,11-12H2,1H3,(H,20,21,24)/t13-/m0/s1. The van der Waals surface area contributed by atoms with Crippen LogP contribution in [-0.2, 0) is 6.54 Å². The normalized spacial score (nSPS) is 19.0. The van der Waals surface area contributed by atoms with Gasteiger partial charge in [-0.3, -0.25) is 9.69 Å². The van der Waals surface area contributed by atoms with Crippen LogP contribution in [0.5, 0.6) is 0 Å². The Morgan fingerprint density at radius 3 is 2.92 bits per heavy atom. The first kappa shape index (κ1) is 15.1. The molecule has 3 aromatic rings. The molecule has 6 heteroatoms. The molecule has 3 heterocycles. The smallest absolute Gasteiger partial charge is 0.262 e. The molecule has 0 spiro atoms. The van der Waals surface area contributed by atoms with E-state index in [9.17, 15) is 4.79 Å². The van der Waals surface area contributed by atoms with Crippen molar-refractivity contribution in [3.8, 4) is 5.69 Å².